The van der Waals surface area contributed by atoms with Gasteiger partial charge in [0.1, 0.15) is 17.9 Å². The van der Waals surface area contributed by atoms with Gasteiger partial charge in [-0.05, 0) is 77.5 Å². The van der Waals surface area contributed by atoms with Crippen molar-refractivity contribution < 1.29 is 33.1 Å². The lowest BCUT2D eigenvalue weighted by Crippen LogP contribution is -2.24. The number of hydrogen-bond donors (Lipinski definition) is 0. The van der Waals surface area contributed by atoms with E-state index in [0.717, 1.165) is 33.2 Å². The van der Waals surface area contributed by atoms with Gasteiger partial charge >= 0.3 is 12.1 Å². The van der Waals surface area contributed by atoms with Crippen LogP contribution in [0.1, 0.15) is 39.0 Å². The van der Waals surface area contributed by atoms with E-state index in [1.165, 1.54) is 14.2 Å². The predicted octanol–water partition coefficient (Wildman–Crippen LogP) is 4.52. The second kappa shape index (κ2) is 10.1. The molecule has 1 aromatic heterocycles. The van der Waals surface area contributed by atoms with Crippen LogP contribution in [-0.4, -0.2) is 63.1 Å². The van der Waals surface area contributed by atoms with Crippen molar-refractivity contribution in [1.82, 2.24) is 10.1 Å². The van der Waals surface area contributed by atoms with Crippen LogP contribution in [0.2, 0.25) is 0 Å². The molecule has 0 atom stereocenters. The van der Waals surface area contributed by atoms with Crippen molar-refractivity contribution >= 4 is 28.6 Å². The molecule has 9 nitrogen and oxygen atoms in total. The number of esters is 1. The summed E-state index contributed by atoms with van der Waals surface area (Å²) in [5.41, 5.74) is 5.23. The lowest BCUT2D eigenvalue weighted by molar-refractivity contribution is 0.0596. The first-order valence-corrected chi connectivity index (χ1v) is 11.2. The number of fused-ring (bicyclic) bond motifs is 1. The van der Waals surface area contributed by atoms with Crippen LogP contribution in [0.5, 0.6) is 11.6 Å². The Morgan fingerprint density at radius 3 is 2.49 bits per heavy atom. The van der Waals surface area contributed by atoms with Crippen LogP contribution in [0.4, 0.5) is 4.79 Å². The van der Waals surface area contributed by atoms with Gasteiger partial charge in [-0.15, -0.1) is 0 Å². The van der Waals surface area contributed by atoms with Gasteiger partial charge in [0.2, 0.25) is 0 Å². The van der Waals surface area contributed by atoms with E-state index in [4.69, 9.17) is 23.5 Å². The SMILES string of the molecule is COC(=O)c1cc(/C(=C\CCN2CCOC2=O)c2cc(C)c3onc(OC)c3c2)cc(C)c1OC. The summed E-state index contributed by atoms with van der Waals surface area (Å²) in [5, 5.41) is 4.75. The van der Waals surface area contributed by atoms with Crippen molar-refractivity contribution in [2.24, 2.45) is 0 Å². The first-order valence-electron chi connectivity index (χ1n) is 11.2. The summed E-state index contributed by atoms with van der Waals surface area (Å²) in [7, 11) is 4.40. The average Bonchev–Trinajstić information content (AvgIpc) is 3.46. The summed E-state index contributed by atoms with van der Waals surface area (Å²) in [6.07, 6.45) is 2.33. The number of ether oxygens (including phenoxy) is 4. The van der Waals surface area contributed by atoms with E-state index in [0.29, 0.717) is 48.9 Å². The first kappa shape index (κ1) is 24.1. The standard InChI is InChI=1S/C26H28N2O7/c1-15-11-18(14-21(22(15)31-3)25(29)33-5)19(7-6-8-28-9-10-34-26(28)30)17-12-16(2)23-20(13-17)24(32-4)27-35-23/h7,11-14H,6,8-10H2,1-5H3/b19-7-. The van der Waals surface area contributed by atoms with E-state index >= 15 is 0 Å². The van der Waals surface area contributed by atoms with Gasteiger partial charge in [0.05, 0.1) is 33.3 Å². The van der Waals surface area contributed by atoms with Crippen molar-refractivity contribution in [2.45, 2.75) is 20.3 Å². The molecule has 2 aromatic carbocycles. The molecule has 0 spiro atoms. The van der Waals surface area contributed by atoms with Crippen molar-refractivity contribution in [3.05, 3.63) is 58.2 Å². The maximum atomic E-state index is 12.5. The Bertz CT molecular complexity index is 1310. The number of methoxy groups -OCH3 is 3. The number of aromatic nitrogens is 1. The van der Waals surface area contributed by atoms with Gasteiger partial charge in [-0.1, -0.05) is 6.08 Å². The molecule has 0 unspecified atom stereocenters. The molecule has 0 bridgehead atoms. The Hall–Kier alpha value is -4.01. The van der Waals surface area contributed by atoms with Gasteiger partial charge in [-0.25, -0.2) is 9.59 Å². The molecule has 0 saturated carbocycles. The fourth-order valence-electron chi connectivity index (χ4n) is 4.35. The van der Waals surface area contributed by atoms with E-state index in [9.17, 15) is 9.59 Å². The van der Waals surface area contributed by atoms with Crippen LogP contribution in [-0.2, 0) is 9.47 Å². The van der Waals surface area contributed by atoms with Gasteiger partial charge in [-0.3, -0.25) is 0 Å². The summed E-state index contributed by atoms with van der Waals surface area (Å²) < 4.78 is 26.4. The number of hydrogen-bond acceptors (Lipinski definition) is 8. The maximum absolute atomic E-state index is 12.5. The molecule has 2 heterocycles. The largest absolute Gasteiger partial charge is 0.496 e. The Morgan fingerprint density at radius 1 is 1.09 bits per heavy atom. The Kier molecular flexibility index (Phi) is 6.95. The van der Waals surface area contributed by atoms with Crippen molar-refractivity contribution in [2.75, 3.05) is 41.0 Å². The number of nitrogens with zero attached hydrogens (tertiary/aromatic N) is 2. The lowest BCUT2D eigenvalue weighted by atomic mass is 9.91. The molecular weight excluding hydrogens is 452 g/mol. The highest BCUT2D eigenvalue weighted by Gasteiger charge is 2.22. The molecule has 1 aliphatic heterocycles. The number of carbonyl (C=O) groups is 2. The number of amides is 1. The van der Waals surface area contributed by atoms with Crippen molar-refractivity contribution in [3.8, 4) is 11.6 Å². The smallest absolute Gasteiger partial charge is 0.409 e. The Morgan fingerprint density at radius 2 is 1.83 bits per heavy atom. The van der Waals surface area contributed by atoms with Gasteiger partial charge < -0.3 is 28.4 Å². The van der Waals surface area contributed by atoms with Crippen LogP contribution in [0.15, 0.2) is 34.9 Å². The van der Waals surface area contributed by atoms with E-state index < -0.39 is 5.97 Å². The molecule has 1 saturated heterocycles. The highest BCUT2D eigenvalue weighted by molar-refractivity contribution is 5.96. The maximum Gasteiger partial charge on any atom is 0.409 e. The van der Waals surface area contributed by atoms with E-state index in [-0.39, 0.29) is 6.09 Å². The molecule has 1 aliphatic rings. The number of carbonyl (C=O) groups excluding carboxylic acids is 2. The number of rotatable bonds is 8. The predicted molar refractivity (Wildman–Crippen MR) is 129 cm³/mol. The molecule has 4 rings (SSSR count). The molecule has 1 amide bonds. The molecule has 184 valence electrons. The average molecular weight is 481 g/mol. The quantitative estimate of drug-likeness (QED) is 0.434. The second-order valence-electron chi connectivity index (χ2n) is 8.24. The monoisotopic (exact) mass is 480 g/mol. The third kappa shape index (κ3) is 4.66. The lowest BCUT2D eigenvalue weighted by Gasteiger charge is -2.17. The molecule has 0 N–H and O–H groups in total. The number of cyclic esters (lactones) is 1. The summed E-state index contributed by atoms with van der Waals surface area (Å²) in [6.45, 7) is 5.30. The molecule has 3 aromatic rings. The van der Waals surface area contributed by atoms with Gasteiger partial charge in [0.25, 0.3) is 5.88 Å². The molecular formula is C26H28N2O7. The van der Waals surface area contributed by atoms with Crippen LogP contribution in [0, 0.1) is 13.8 Å². The highest BCUT2D eigenvalue weighted by Crippen LogP contribution is 2.36. The zero-order valence-electron chi connectivity index (χ0n) is 20.5. The summed E-state index contributed by atoms with van der Waals surface area (Å²) in [4.78, 5) is 26.1. The van der Waals surface area contributed by atoms with Crippen LogP contribution in [0.3, 0.4) is 0 Å². The Balaban J connectivity index is 1.85. The number of aryl methyl sites for hydroxylation is 2. The van der Waals surface area contributed by atoms with E-state index in [1.807, 2.05) is 32.0 Å². The van der Waals surface area contributed by atoms with Crippen molar-refractivity contribution in [1.29, 1.82) is 0 Å². The van der Waals surface area contributed by atoms with Crippen LogP contribution < -0.4 is 9.47 Å². The summed E-state index contributed by atoms with van der Waals surface area (Å²) in [5.74, 6) is 0.371. The highest BCUT2D eigenvalue weighted by atomic mass is 16.6. The third-order valence-corrected chi connectivity index (χ3v) is 6.02. The normalized spacial score (nSPS) is 13.8. The second-order valence-corrected chi connectivity index (χ2v) is 8.24. The van der Waals surface area contributed by atoms with Crippen molar-refractivity contribution in [3.63, 3.8) is 0 Å². The van der Waals surface area contributed by atoms with Gasteiger partial charge in [0, 0.05) is 6.54 Å². The molecule has 9 heteroatoms. The minimum atomic E-state index is -0.488. The van der Waals surface area contributed by atoms with Gasteiger partial charge in [-0.2, -0.15) is 0 Å². The number of benzene rings is 2. The van der Waals surface area contributed by atoms with Gasteiger partial charge in [0.15, 0.2) is 5.58 Å². The molecule has 0 radical (unpaired) electrons. The summed E-state index contributed by atoms with van der Waals surface area (Å²) in [6, 6.07) is 7.68. The third-order valence-electron chi connectivity index (χ3n) is 6.02. The molecule has 0 aliphatic carbocycles. The topological polar surface area (TPSA) is 100 Å². The molecule has 1 fully saturated rings. The van der Waals surface area contributed by atoms with Crippen LogP contribution >= 0.6 is 0 Å². The fourth-order valence-corrected chi connectivity index (χ4v) is 4.35. The molecule has 35 heavy (non-hydrogen) atoms. The van der Waals surface area contributed by atoms with E-state index in [1.54, 1.807) is 18.1 Å². The Labute approximate surface area is 203 Å². The fraction of sp³-hybridized carbons (Fsp3) is 0.346. The minimum absolute atomic E-state index is 0.306. The minimum Gasteiger partial charge on any atom is -0.496 e. The zero-order chi connectivity index (χ0) is 25.1. The van der Waals surface area contributed by atoms with Crippen LogP contribution in [0.25, 0.3) is 16.5 Å². The summed E-state index contributed by atoms with van der Waals surface area (Å²) >= 11 is 0. The van der Waals surface area contributed by atoms with E-state index in [2.05, 4.69) is 11.2 Å². The first-order chi connectivity index (χ1) is 16.9. The zero-order valence-corrected chi connectivity index (χ0v) is 20.5.